The molecule has 3 rings (SSSR count). The third-order valence-electron chi connectivity index (χ3n) is 3.46. The number of anilines is 3. The number of rotatable bonds is 6. The van der Waals surface area contributed by atoms with Crippen LogP contribution in [0.3, 0.4) is 0 Å². The van der Waals surface area contributed by atoms with Crippen LogP contribution in [0.2, 0.25) is 5.02 Å². The van der Waals surface area contributed by atoms with E-state index in [4.69, 9.17) is 16.3 Å². The summed E-state index contributed by atoms with van der Waals surface area (Å²) < 4.78 is 5.04. The molecule has 0 saturated heterocycles. The SMILES string of the molecule is COc1ccc(CNc2[nH]ncc2Nc2cccc(Cl)c2)cc1O. The Kier molecular flexibility index (Phi) is 4.77. The van der Waals surface area contributed by atoms with E-state index in [1.54, 1.807) is 18.3 Å². The van der Waals surface area contributed by atoms with E-state index in [0.29, 0.717) is 17.3 Å². The predicted octanol–water partition coefficient (Wildman–Crippen LogP) is 4.13. The fraction of sp³-hybridized carbons (Fsp3) is 0.118. The third kappa shape index (κ3) is 3.72. The Morgan fingerprint density at radius 1 is 1.25 bits per heavy atom. The maximum absolute atomic E-state index is 9.83. The number of hydrogen-bond acceptors (Lipinski definition) is 5. The molecule has 24 heavy (non-hydrogen) atoms. The van der Waals surface area contributed by atoms with Crippen molar-refractivity contribution in [2.45, 2.75) is 6.54 Å². The van der Waals surface area contributed by atoms with Gasteiger partial charge < -0.3 is 20.5 Å². The minimum Gasteiger partial charge on any atom is -0.504 e. The van der Waals surface area contributed by atoms with Crippen molar-refractivity contribution < 1.29 is 9.84 Å². The first-order valence-electron chi connectivity index (χ1n) is 7.31. The van der Waals surface area contributed by atoms with Gasteiger partial charge in [-0.3, -0.25) is 5.10 Å². The number of aromatic hydroxyl groups is 1. The van der Waals surface area contributed by atoms with Gasteiger partial charge in [0.1, 0.15) is 11.5 Å². The van der Waals surface area contributed by atoms with Crippen LogP contribution in [0, 0.1) is 0 Å². The summed E-state index contributed by atoms with van der Waals surface area (Å²) in [4.78, 5) is 0. The standard InChI is InChI=1S/C17H17ClN4O2/c1-24-16-6-5-11(7-15(16)23)9-19-17-14(10-20-22-17)21-13-4-2-3-12(18)8-13/h2-8,10,21,23H,9H2,1H3,(H2,19,20,22). The van der Waals surface area contributed by atoms with E-state index >= 15 is 0 Å². The molecule has 6 nitrogen and oxygen atoms in total. The molecule has 2 aromatic carbocycles. The Bertz CT molecular complexity index is 835. The molecule has 0 aliphatic carbocycles. The molecule has 0 unspecified atom stereocenters. The van der Waals surface area contributed by atoms with Crippen LogP contribution in [0.1, 0.15) is 5.56 Å². The minimum absolute atomic E-state index is 0.110. The van der Waals surface area contributed by atoms with Gasteiger partial charge in [0.25, 0.3) is 0 Å². The average Bonchev–Trinajstić information content (AvgIpc) is 3.00. The van der Waals surface area contributed by atoms with Crippen molar-refractivity contribution >= 4 is 28.8 Å². The number of ether oxygens (including phenoxy) is 1. The molecule has 0 amide bonds. The van der Waals surface area contributed by atoms with Gasteiger partial charge in [-0.25, -0.2) is 0 Å². The molecule has 0 saturated carbocycles. The highest BCUT2D eigenvalue weighted by atomic mass is 35.5. The van der Waals surface area contributed by atoms with E-state index in [-0.39, 0.29) is 5.75 Å². The van der Waals surface area contributed by atoms with E-state index in [9.17, 15) is 5.11 Å². The number of H-pyrrole nitrogens is 1. The topological polar surface area (TPSA) is 82.2 Å². The number of halogens is 1. The van der Waals surface area contributed by atoms with Gasteiger partial charge in [-0.2, -0.15) is 5.10 Å². The van der Waals surface area contributed by atoms with Crippen molar-refractivity contribution in [1.29, 1.82) is 0 Å². The van der Waals surface area contributed by atoms with E-state index in [1.165, 1.54) is 7.11 Å². The Morgan fingerprint density at radius 3 is 2.88 bits per heavy atom. The molecule has 0 bridgehead atoms. The maximum Gasteiger partial charge on any atom is 0.160 e. The molecule has 4 N–H and O–H groups in total. The molecule has 0 fully saturated rings. The van der Waals surface area contributed by atoms with Gasteiger partial charge in [-0.05, 0) is 35.9 Å². The van der Waals surface area contributed by atoms with E-state index < -0.39 is 0 Å². The number of hydrogen-bond donors (Lipinski definition) is 4. The summed E-state index contributed by atoms with van der Waals surface area (Å²) in [5.41, 5.74) is 2.58. The van der Waals surface area contributed by atoms with Gasteiger partial charge in [-0.15, -0.1) is 0 Å². The van der Waals surface area contributed by atoms with Gasteiger partial charge >= 0.3 is 0 Å². The molecule has 0 aliphatic rings. The summed E-state index contributed by atoms with van der Waals surface area (Å²) in [6.45, 7) is 0.518. The van der Waals surface area contributed by atoms with Crippen LogP contribution in [0.25, 0.3) is 0 Å². The first-order valence-corrected chi connectivity index (χ1v) is 7.69. The molecule has 0 radical (unpaired) electrons. The van der Waals surface area contributed by atoms with Crippen LogP contribution >= 0.6 is 11.6 Å². The lowest BCUT2D eigenvalue weighted by atomic mass is 10.2. The van der Waals surface area contributed by atoms with Crippen molar-refractivity contribution in [3.8, 4) is 11.5 Å². The largest absolute Gasteiger partial charge is 0.504 e. The fourth-order valence-electron chi connectivity index (χ4n) is 2.27. The lowest BCUT2D eigenvalue weighted by Crippen LogP contribution is -2.02. The summed E-state index contributed by atoms with van der Waals surface area (Å²) in [6, 6.07) is 12.7. The number of methoxy groups -OCH3 is 1. The van der Waals surface area contributed by atoms with Crippen LogP contribution < -0.4 is 15.4 Å². The monoisotopic (exact) mass is 344 g/mol. The number of nitrogens with one attached hydrogen (secondary N) is 3. The number of aromatic amines is 1. The lowest BCUT2D eigenvalue weighted by molar-refractivity contribution is 0.373. The summed E-state index contributed by atoms with van der Waals surface area (Å²) in [5.74, 6) is 1.30. The van der Waals surface area contributed by atoms with Crippen molar-refractivity contribution in [1.82, 2.24) is 10.2 Å². The molecule has 1 aromatic heterocycles. The quantitative estimate of drug-likeness (QED) is 0.540. The third-order valence-corrected chi connectivity index (χ3v) is 3.69. The Morgan fingerprint density at radius 2 is 2.12 bits per heavy atom. The smallest absolute Gasteiger partial charge is 0.160 e. The van der Waals surface area contributed by atoms with Crippen LogP contribution in [-0.4, -0.2) is 22.4 Å². The number of aromatic nitrogens is 2. The Balaban J connectivity index is 1.68. The highest BCUT2D eigenvalue weighted by Gasteiger charge is 2.07. The second-order valence-electron chi connectivity index (χ2n) is 5.15. The number of benzene rings is 2. The fourth-order valence-corrected chi connectivity index (χ4v) is 2.46. The summed E-state index contributed by atoms with van der Waals surface area (Å²) in [6.07, 6.45) is 1.69. The number of phenols is 1. The van der Waals surface area contributed by atoms with E-state index in [0.717, 1.165) is 22.8 Å². The molecule has 0 aliphatic heterocycles. The summed E-state index contributed by atoms with van der Waals surface area (Å²) in [7, 11) is 1.52. The van der Waals surface area contributed by atoms with Crippen molar-refractivity contribution in [3.63, 3.8) is 0 Å². The molecule has 7 heteroatoms. The number of nitrogens with zero attached hydrogens (tertiary/aromatic N) is 1. The molecule has 1 heterocycles. The molecule has 124 valence electrons. The molecule has 3 aromatic rings. The predicted molar refractivity (Wildman–Crippen MR) is 95.3 cm³/mol. The Labute approximate surface area is 144 Å². The molecular formula is C17H17ClN4O2. The van der Waals surface area contributed by atoms with Crippen LogP contribution in [0.4, 0.5) is 17.2 Å². The molecule has 0 atom stereocenters. The second-order valence-corrected chi connectivity index (χ2v) is 5.59. The summed E-state index contributed by atoms with van der Waals surface area (Å²) in [5, 5.41) is 23.9. The van der Waals surface area contributed by atoms with Crippen LogP contribution in [0.15, 0.2) is 48.7 Å². The van der Waals surface area contributed by atoms with Crippen LogP contribution in [0.5, 0.6) is 11.5 Å². The first kappa shape index (κ1) is 16.0. The zero-order chi connectivity index (χ0) is 16.9. The van der Waals surface area contributed by atoms with Gasteiger partial charge in [0.2, 0.25) is 0 Å². The first-order chi connectivity index (χ1) is 11.7. The van der Waals surface area contributed by atoms with Gasteiger partial charge in [0, 0.05) is 17.3 Å². The van der Waals surface area contributed by atoms with Crippen LogP contribution in [-0.2, 0) is 6.54 Å². The van der Waals surface area contributed by atoms with Gasteiger partial charge in [0.05, 0.1) is 13.3 Å². The number of phenolic OH excluding ortho intramolecular Hbond substituents is 1. The maximum atomic E-state index is 9.83. The van der Waals surface area contributed by atoms with Gasteiger partial charge in [0.15, 0.2) is 11.5 Å². The van der Waals surface area contributed by atoms with Crippen molar-refractivity contribution in [3.05, 3.63) is 59.2 Å². The molecular weight excluding hydrogens is 328 g/mol. The van der Waals surface area contributed by atoms with Crippen molar-refractivity contribution in [2.24, 2.45) is 0 Å². The van der Waals surface area contributed by atoms with E-state index in [1.807, 2.05) is 30.3 Å². The Hall–Kier alpha value is -2.86. The highest BCUT2D eigenvalue weighted by molar-refractivity contribution is 6.30. The van der Waals surface area contributed by atoms with Crippen molar-refractivity contribution in [2.75, 3.05) is 17.7 Å². The normalized spacial score (nSPS) is 10.4. The highest BCUT2D eigenvalue weighted by Crippen LogP contribution is 2.28. The minimum atomic E-state index is 0.110. The zero-order valence-corrected chi connectivity index (χ0v) is 13.8. The van der Waals surface area contributed by atoms with E-state index in [2.05, 4.69) is 20.8 Å². The average molecular weight is 345 g/mol. The lowest BCUT2D eigenvalue weighted by Gasteiger charge is -2.10. The second kappa shape index (κ2) is 7.14. The van der Waals surface area contributed by atoms with Gasteiger partial charge in [-0.1, -0.05) is 23.7 Å². The summed E-state index contributed by atoms with van der Waals surface area (Å²) >= 11 is 5.99. The zero-order valence-electron chi connectivity index (χ0n) is 13.0. The molecule has 0 spiro atoms.